The summed E-state index contributed by atoms with van der Waals surface area (Å²) < 4.78 is 5.23. The highest BCUT2D eigenvalue weighted by Crippen LogP contribution is 2.23. The van der Waals surface area contributed by atoms with Crippen LogP contribution in [0.2, 0.25) is 0 Å². The Labute approximate surface area is 69.6 Å². The molecule has 0 saturated heterocycles. The fourth-order valence-corrected chi connectivity index (χ4v) is 1.08. The SMILES string of the molecule is CCC(CC(C)(C)CO)OC. The van der Waals surface area contributed by atoms with E-state index in [2.05, 4.69) is 20.8 Å². The van der Waals surface area contributed by atoms with E-state index in [0.29, 0.717) is 0 Å². The Kier molecular flexibility index (Phi) is 4.69. The van der Waals surface area contributed by atoms with Crippen molar-refractivity contribution >= 4 is 0 Å². The van der Waals surface area contributed by atoms with E-state index in [0.717, 1.165) is 12.8 Å². The van der Waals surface area contributed by atoms with Crippen molar-refractivity contribution in [1.82, 2.24) is 0 Å². The molecule has 0 fully saturated rings. The van der Waals surface area contributed by atoms with Crippen LogP contribution in [0.3, 0.4) is 0 Å². The highest BCUT2D eigenvalue weighted by molar-refractivity contribution is 4.71. The maximum Gasteiger partial charge on any atom is 0.0574 e. The Morgan fingerprint density at radius 3 is 2.27 bits per heavy atom. The first-order valence-corrected chi connectivity index (χ1v) is 4.19. The van der Waals surface area contributed by atoms with Gasteiger partial charge in [-0.3, -0.25) is 0 Å². The van der Waals surface area contributed by atoms with Crippen molar-refractivity contribution in [1.29, 1.82) is 0 Å². The third kappa shape index (κ3) is 4.38. The minimum Gasteiger partial charge on any atom is -0.396 e. The first kappa shape index (κ1) is 10.9. The molecule has 0 rings (SSSR count). The average Bonchev–Trinajstić information content (AvgIpc) is 2.00. The molecule has 68 valence electrons. The van der Waals surface area contributed by atoms with Gasteiger partial charge >= 0.3 is 0 Å². The van der Waals surface area contributed by atoms with E-state index >= 15 is 0 Å². The summed E-state index contributed by atoms with van der Waals surface area (Å²) in [5.41, 5.74) is -0.00329. The number of hydrogen-bond donors (Lipinski definition) is 1. The van der Waals surface area contributed by atoms with Crippen LogP contribution in [0.4, 0.5) is 0 Å². The zero-order valence-corrected chi connectivity index (χ0v) is 8.05. The van der Waals surface area contributed by atoms with Crippen LogP contribution < -0.4 is 0 Å². The van der Waals surface area contributed by atoms with Crippen LogP contribution in [-0.4, -0.2) is 24.9 Å². The van der Waals surface area contributed by atoms with Gasteiger partial charge in [0.25, 0.3) is 0 Å². The van der Waals surface area contributed by atoms with Gasteiger partial charge in [-0.1, -0.05) is 20.8 Å². The molecule has 0 saturated carbocycles. The van der Waals surface area contributed by atoms with E-state index < -0.39 is 0 Å². The summed E-state index contributed by atoms with van der Waals surface area (Å²) in [7, 11) is 1.72. The van der Waals surface area contributed by atoms with Gasteiger partial charge in [0.1, 0.15) is 0 Å². The summed E-state index contributed by atoms with van der Waals surface area (Å²) in [6.45, 7) is 6.43. The Bertz CT molecular complexity index is 95.7. The average molecular weight is 160 g/mol. The quantitative estimate of drug-likeness (QED) is 0.664. The molecule has 0 aromatic carbocycles. The summed E-state index contributed by atoms with van der Waals surface area (Å²) >= 11 is 0. The number of aliphatic hydroxyl groups excluding tert-OH is 1. The van der Waals surface area contributed by atoms with Gasteiger partial charge < -0.3 is 9.84 Å². The molecule has 0 aromatic heterocycles. The minimum atomic E-state index is -0.00329. The van der Waals surface area contributed by atoms with E-state index in [1.165, 1.54) is 0 Å². The van der Waals surface area contributed by atoms with Crippen LogP contribution in [0.15, 0.2) is 0 Å². The predicted octanol–water partition coefficient (Wildman–Crippen LogP) is 1.82. The van der Waals surface area contributed by atoms with E-state index in [1.54, 1.807) is 7.11 Å². The molecule has 0 bridgehead atoms. The van der Waals surface area contributed by atoms with Crippen LogP contribution in [0.25, 0.3) is 0 Å². The first-order chi connectivity index (χ1) is 5.05. The molecule has 2 heteroatoms. The molecule has 0 amide bonds. The molecule has 0 aliphatic rings. The fourth-order valence-electron chi connectivity index (χ4n) is 1.08. The van der Waals surface area contributed by atoms with E-state index in [9.17, 15) is 0 Å². The summed E-state index contributed by atoms with van der Waals surface area (Å²) in [6, 6.07) is 0. The number of rotatable bonds is 5. The van der Waals surface area contributed by atoms with Crippen molar-refractivity contribution in [3.05, 3.63) is 0 Å². The lowest BCUT2D eigenvalue weighted by Crippen LogP contribution is -2.24. The third-order valence-corrected chi connectivity index (χ3v) is 2.00. The van der Waals surface area contributed by atoms with Crippen molar-refractivity contribution in [2.45, 2.75) is 39.7 Å². The fraction of sp³-hybridized carbons (Fsp3) is 1.00. The lowest BCUT2D eigenvalue weighted by molar-refractivity contribution is 0.0371. The van der Waals surface area contributed by atoms with Gasteiger partial charge in [0.2, 0.25) is 0 Å². The lowest BCUT2D eigenvalue weighted by Gasteiger charge is -2.26. The van der Waals surface area contributed by atoms with Crippen LogP contribution in [-0.2, 0) is 4.74 Å². The monoisotopic (exact) mass is 160 g/mol. The third-order valence-electron chi connectivity index (χ3n) is 2.00. The molecule has 0 heterocycles. The largest absolute Gasteiger partial charge is 0.396 e. The molecule has 0 spiro atoms. The van der Waals surface area contributed by atoms with Crippen LogP contribution in [0.5, 0.6) is 0 Å². The second-order valence-corrected chi connectivity index (χ2v) is 3.79. The van der Waals surface area contributed by atoms with E-state index in [-0.39, 0.29) is 18.1 Å². The second kappa shape index (κ2) is 4.73. The van der Waals surface area contributed by atoms with E-state index in [1.807, 2.05) is 0 Å². The predicted molar refractivity (Wildman–Crippen MR) is 46.6 cm³/mol. The standard InChI is InChI=1S/C9H20O2/c1-5-8(11-4)6-9(2,3)7-10/h8,10H,5-7H2,1-4H3. The first-order valence-electron chi connectivity index (χ1n) is 4.19. The van der Waals surface area contributed by atoms with Crippen LogP contribution in [0.1, 0.15) is 33.6 Å². The van der Waals surface area contributed by atoms with E-state index in [4.69, 9.17) is 9.84 Å². The number of methoxy groups -OCH3 is 1. The summed E-state index contributed by atoms with van der Waals surface area (Å²) in [5, 5.41) is 8.98. The van der Waals surface area contributed by atoms with Crippen LogP contribution >= 0.6 is 0 Å². The van der Waals surface area contributed by atoms with Crippen molar-refractivity contribution < 1.29 is 9.84 Å². The Morgan fingerprint density at radius 2 is 2.00 bits per heavy atom. The molecule has 1 N–H and O–H groups in total. The minimum absolute atomic E-state index is 0.00329. The lowest BCUT2D eigenvalue weighted by atomic mass is 9.87. The number of ether oxygens (including phenoxy) is 1. The van der Waals surface area contributed by atoms with Gasteiger partial charge in [-0.25, -0.2) is 0 Å². The van der Waals surface area contributed by atoms with Gasteiger partial charge in [-0.05, 0) is 18.3 Å². The Balaban J connectivity index is 3.79. The highest BCUT2D eigenvalue weighted by atomic mass is 16.5. The molecule has 0 aliphatic carbocycles. The number of aliphatic hydroxyl groups is 1. The maximum absolute atomic E-state index is 8.98. The molecular formula is C9H20O2. The summed E-state index contributed by atoms with van der Waals surface area (Å²) in [4.78, 5) is 0. The molecule has 0 aromatic rings. The van der Waals surface area contributed by atoms with Gasteiger partial charge in [0.15, 0.2) is 0 Å². The Morgan fingerprint density at radius 1 is 1.45 bits per heavy atom. The molecule has 1 unspecified atom stereocenters. The van der Waals surface area contributed by atoms with Crippen molar-refractivity contribution in [2.24, 2.45) is 5.41 Å². The topological polar surface area (TPSA) is 29.5 Å². The van der Waals surface area contributed by atoms with Crippen molar-refractivity contribution in [2.75, 3.05) is 13.7 Å². The normalized spacial score (nSPS) is 15.0. The second-order valence-electron chi connectivity index (χ2n) is 3.79. The zero-order chi connectivity index (χ0) is 8.91. The highest BCUT2D eigenvalue weighted by Gasteiger charge is 2.21. The Hall–Kier alpha value is -0.0800. The van der Waals surface area contributed by atoms with Gasteiger partial charge in [0.05, 0.1) is 6.10 Å². The maximum atomic E-state index is 8.98. The molecule has 11 heavy (non-hydrogen) atoms. The molecule has 2 nitrogen and oxygen atoms in total. The molecule has 0 aliphatic heterocycles. The van der Waals surface area contributed by atoms with Crippen molar-refractivity contribution in [3.63, 3.8) is 0 Å². The van der Waals surface area contributed by atoms with Crippen LogP contribution in [0, 0.1) is 5.41 Å². The van der Waals surface area contributed by atoms with Gasteiger partial charge in [-0.15, -0.1) is 0 Å². The molecular weight excluding hydrogens is 140 g/mol. The molecule has 0 radical (unpaired) electrons. The summed E-state index contributed by atoms with van der Waals surface area (Å²) in [5.74, 6) is 0. The zero-order valence-electron chi connectivity index (χ0n) is 8.05. The smallest absolute Gasteiger partial charge is 0.0574 e. The van der Waals surface area contributed by atoms with Crippen molar-refractivity contribution in [3.8, 4) is 0 Å². The van der Waals surface area contributed by atoms with Gasteiger partial charge in [-0.2, -0.15) is 0 Å². The molecule has 1 atom stereocenters. The summed E-state index contributed by atoms with van der Waals surface area (Å²) in [6.07, 6.45) is 2.23. The number of hydrogen-bond acceptors (Lipinski definition) is 2. The van der Waals surface area contributed by atoms with Gasteiger partial charge in [0, 0.05) is 13.7 Å².